The fourth-order valence-electron chi connectivity index (χ4n) is 2.26. The van der Waals surface area contributed by atoms with Gasteiger partial charge in [0.1, 0.15) is 15.6 Å². The first-order valence-corrected chi connectivity index (χ1v) is 11.8. The van der Waals surface area contributed by atoms with E-state index in [1.165, 1.54) is 6.26 Å². The largest absolute Gasteiger partial charge is 0.490 e. The molecule has 160 valence electrons. The molecule has 1 aromatic rings. The summed E-state index contributed by atoms with van der Waals surface area (Å²) in [6.45, 7) is 10.6. The minimum atomic E-state index is -2.99. The first-order valence-electron chi connectivity index (χ1n) is 9.79. The van der Waals surface area contributed by atoms with Crippen molar-refractivity contribution in [3.8, 4) is 5.75 Å². The molecule has 0 spiro atoms. The molecule has 0 aliphatic heterocycles. The van der Waals surface area contributed by atoms with Crippen molar-refractivity contribution >= 4 is 15.8 Å². The van der Waals surface area contributed by atoms with Crippen LogP contribution in [0.25, 0.3) is 0 Å². The van der Waals surface area contributed by atoms with Crippen LogP contribution in [0.5, 0.6) is 5.75 Å². The van der Waals surface area contributed by atoms with E-state index in [1.54, 1.807) is 0 Å². The Kier molecular flexibility index (Phi) is 10.9. The summed E-state index contributed by atoms with van der Waals surface area (Å²) >= 11 is 0. The monoisotopic (exact) mass is 413 g/mol. The number of hydrogen-bond donors (Lipinski definition) is 2. The van der Waals surface area contributed by atoms with Gasteiger partial charge in [-0.3, -0.25) is 0 Å². The van der Waals surface area contributed by atoms with E-state index in [0.29, 0.717) is 25.7 Å². The number of hydrogen-bond acceptors (Lipinski definition) is 5. The second kappa shape index (κ2) is 12.6. The Balaban J connectivity index is 2.61. The summed E-state index contributed by atoms with van der Waals surface area (Å²) in [5.41, 5.74) is 2.19. The van der Waals surface area contributed by atoms with E-state index in [-0.39, 0.29) is 18.5 Å². The highest BCUT2D eigenvalue weighted by atomic mass is 32.2. The van der Waals surface area contributed by atoms with Crippen LogP contribution in [-0.4, -0.2) is 58.8 Å². The van der Waals surface area contributed by atoms with Gasteiger partial charge in [0.15, 0.2) is 5.96 Å². The number of rotatable bonds is 12. The Morgan fingerprint density at radius 2 is 1.96 bits per heavy atom. The number of benzene rings is 1. The topological polar surface area (TPSA) is 89.0 Å². The Morgan fingerprint density at radius 1 is 1.21 bits per heavy atom. The van der Waals surface area contributed by atoms with Crippen molar-refractivity contribution in [3.05, 3.63) is 29.3 Å². The van der Waals surface area contributed by atoms with Crippen molar-refractivity contribution < 1.29 is 17.9 Å². The van der Waals surface area contributed by atoms with Crippen molar-refractivity contribution in [3.63, 3.8) is 0 Å². The molecule has 0 aliphatic carbocycles. The van der Waals surface area contributed by atoms with Crippen molar-refractivity contribution in [1.29, 1.82) is 0 Å². The molecule has 28 heavy (non-hydrogen) atoms. The zero-order valence-electron chi connectivity index (χ0n) is 17.7. The molecule has 1 aromatic carbocycles. The van der Waals surface area contributed by atoms with E-state index in [2.05, 4.69) is 41.6 Å². The highest BCUT2D eigenvalue weighted by Gasteiger charge is 2.08. The van der Waals surface area contributed by atoms with Crippen molar-refractivity contribution in [1.82, 2.24) is 10.6 Å². The molecule has 1 rings (SSSR count). The van der Waals surface area contributed by atoms with Crippen LogP contribution in [0.2, 0.25) is 0 Å². The molecule has 1 atom stereocenters. The molecule has 8 heteroatoms. The Bertz CT molecular complexity index is 720. The molecular formula is C20H35N3O4S. The van der Waals surface area contributed by atoms with Gasteiger partial charge in [0.05, 0.1) is 31.6 Å². The number of nitrogens with zero attached hydrogens (tertiary/aromatic N) is 1. The summed E-state index contributed by atoms with van der Waals surface area (Å²) in [5, 5.41) is 6.39. The molecular weight excluding hydrogens is 378 g/mol. The molecule has 0 saturated carbocycles. The fourth-order valence-corrected chi connectivity index (χ4v) is 2.68. The SMILES string of the molecule is CCNC(=NCc1ccc(C)cc1OC(C)CC)NCCOCCS(C)(=O)=O. The van der Waals surface area contributed by atoms with Gasteiger partial charge in [0.25, 0.3) is 0 Å². The molecule has 0 radical (unpaired) electrons. The van der Waals surface area contributed by atoms with Gasteiger partial charge >= 0.3 is 0 Å². The lowest BCUT2D eigenvalue weighted by atomic mass is 10.1. The van der Waals surface area contributed by atoms with Crippen molar-refractivity contribution in [2.45, 2.75) is 46.8 Å². The highest BCUT2D eigenvalue weighted by Crippen LogP contribution is 2.23. The van der Waals surface area contributed by atoms with Crippen molar-refractivity contribution in [2.24, 2.45) is 4.99 Å². The average Bonchev–Trinajstić information content (AvgIpc) is 2.62. The van der Waals surface area contributed by atoms with Gasteiger partial charge in [-0.2, -0.15) is 0 Å². The second-order valence-electron chi connectivity index (χ2n) is 6.81. The predicted molar refractivity (Wildman–Crippen MR) is 115 cm³/mol. The maximum absolute atomic E-state index is 11.1. The van der Waals surface area contributed by atoms with Crippen LogP contribution in [-0.2, 0) is 21.1 Å². The summed E-state index contributed by atoms with van der Waals surface area (Å²) in [4.78, 5) is 4.63. The van der Waals surface area contributed by atoms with Gasteiger partial charge in [0, 0.05) is 24.9 Å². The summed E-state index contributed by atoms with van der Waals surface area (Å²) in [5.74, 6) is 1.59. The second-order valence-corrected chi connectivity index (χ2v) is 9.07. The lowest BCUT2D eigenvalue weighted by molar-refractivity contribution is 0.154. The summed E-state index contributed by atoms with van der Waals surface area (Å²) < 4.78 is 33.5. The van der Waals surface area contributed by atoms with Gasteiger partial charge in [-0.15, -0.1) is 0 Å². The van der Waals surface area contributed by atoms with E-state index in [4.69, 9.17) is 9.47 Å². The van der Waals surface area contributed by atoms with Gasteiger partial charge in [-0.25, -0.2) is 13.4 Å². The molecule has 0 aromatic heterocycles. The molecule has 0 bridgehead atoms. The van der Waals surface area contributed by atoms with Crippen molar-refractivity contribution in [2.75, 3.05) is 38.3 Å². The molecule has 0 saturated heterocycles. The van der Waals surface area contributed by atoms with Crippen LogP contribution >= 0.6 is 0 Å². The summed E-state index contributed by atoms with van der Waals surface area (Å²) in [6.07, 6.45) is 2.30. The molecule has 0 amide bonds. The van der Waals surface area contributed by atoms with E-state index >= 15 is 0 Å². The quantitative estimate of drug-likeness (QED) is 0.310. The minimum Gasteiger partial charge on any atom is -0.490 e. The predicted octanol–water partition coefficient (Wildman–Crippen LogP) is 2.29. The molecule has 0 fully saturated rings. The van der Waals surface area contributed by atoms with Crippen LogP contribution < -0.4 is 15.4 Å². The minimum absolute atomic E-state index is 0.0353. The maximum Gasteiger partial charge on any atom is 0.191 e. The number of aliphatic imine (C=N–C) groups is 1. The molecule has 0 aliphatic rings. The molecule has 7 nitrogen and oxygen atoms in total. The Morgan fingerprint density at radius 3 is 2.61 bits per heavy atom. The first-order chi connectivity index (χ1) is 13.2. The standard InChI is InChI=1S/C20H35N3O4S/c1-6-17(4)27-19-14-16(3)8-9-18(19)15-23-20(21-7-2)22-10-11-26-12-13-28(5,24)25/h8-9,14,17H,6-7,10-13,15H2,1-5H3,(H2,21,22,23). The van der Waals surface area contributed by atoms with E-state index in [0.717, 1.165) is 29.8 Å². The van der Waals surface area contributed by atoms with Crippen LogP contribution in [0.1, 0.15) is 38.3 Å². The van der Waals surface area contributed by atoms with Gasteiger partial charge in [-0.05, 0) is 38.8 Å². The van der Waals surface area contributed by atoms with Gasteiger partial charge < -0.3 is 20.1 Å². The third-order valence-electron chi connectivity index (χ3n) is 4.01. The lowest BCUT2D eigenvalue weighted by Gasteiger charge is -2.17. The third kappa shape index (κ3) is 10.5. The normalized spacial score (nSPS) is 13.2. The van der Waals surface area contributed by atoms with Gasteiger partial charge in [0.2, 0.25) is 0 Å². The van der Waals surface area contributed by atoms with E-state index in [1.807, 2.05) is 19.9 Å². The third-order valence-corrected chi connectivity index (χ3v) is 4.92. The highest BCUT2D eigenvalue weighted by molar-refractivity contribution is 7.90. The lowest BCUT2D eigenvalue weighted by Crippen LogP contribution is -2.39. The zero-order valence-corrected chi connectivity index (χ0v) is 18.6. The fraction of sp³-hybridized carbons (Fsp3) is 0.650. The van der Waals surface area contributed by atoms with Crippen LogP contribution in [0.4, 0.5) is 0 Å². The number of nitrogens with one attached hydrogen (secondary N) is 2. The maximum atomic E-state index is 11.1. The summed E-state index contributed by atoms with van der Waals surface area (Å²) in [6, 6.07) is 6.16. The van der Waals surface area contributed by atoms with Crippen LogP contribution in [0.15, 0.2) is 23.2 Å². The number of guanidine groups is 1. The molecule has 1 unspecified atom stereocenters. The molecule has 2 N–H and O–H groups in total. The average molecular weight is 414 g/mol. The summed E-state index contributed by atoms with van der Waals surface area (Å²) in [7, 11) is -2.99. The Hall–Kier alpha value is -1.80. The van der Waals surface area contributed by atoms with Crippen LogP contribution in [0.3, 0.4) is 0 Å². The smallest absolute Gasteiger partial charge is 0.191 e. The number of aryl methyl sites for hydroxylation is 1. The number of ether oxygens (including phenoxy) is 2. The van der Waals surface area contributed by atoms with Gasteiger partial charge in [-0.1, -0.05) is 19.1 Å². The first kappa shape index (κ1) is 24.2. The molecule has 0 heterocycles. The van der Waals surface area contributed by atoms with E-state index in [9.17, 15) is 8.42 Å². The zero-order chi connectivity index (χ0) is 21.0. The number of sulfone groups is 1. The Labute approximate surface area is 169 Å². The van der Waals surface area contributed by atoms with Crippen LogP contribution in [0, 0.1) is 6.92 Å². The van der Waals surface area contributed by atoms with E-state index < -0.39 is 9.84 Å².